The summed E-state index contributed by atoms with van der Waals surface area (Å²) in [6.07, 6.45) is 2.48. The van der Waals surface area contributed by atoms with Gasteiger partial charge < -0.3 is 15.1 Å². The molecule has 3 rings (SSSR count). The van der Waals surface area contributed by atoms with Gasteiger partial charge in [-0.1, -0.05) is 0 Å². The van der Waals surface area contributed by atoms with Crippen molar-refractivity contribution in [2.75, 3.05) is 44.4 Å². The molecule has 1 fully saturated rings. The molecule has 21 heavy (non-hydrogen) atoms. The normalized spacial score (nSPS) is 18.9. The minimum absolute atomic E-state index is 0.544. The molecule has 1 aliphatic heterocycles. The molecule has 0 aliphatic carbocycles. The summed E-state index contributed by atoms with van der Waals surface area (Å²) < 4.78 is 0. The average Bonchev–Trinajstić information content (AvgIpc) is 3.02. The predicted octanol–water partition coefficient (Wildman–Crippen LogP) is 2.57. The van der Waals surface area contributed by atoms with Gasteiger partial charge in [-0.15, -0.1) is 11.3 Å². The molecule has 1 saturated heterocycles. The second-order valence-corrected chi connectivity index (χ2v) is 7.18. The van der Waals surface area contributed by atoms with Crippen molar-refractivity contribution in [1.29, 1.82) is 0 Å². The van der Waals surface area contributed by atoms with Crippen molar-refractivity contribution in [3.8, 4) is 0 Å². The van der Waals surface area contributed by atoms with Gasteiger partial charge in [-0.05, 0) is 39.9 Å². The van der Waals surface area contributed by atoms with Crippen LogP contribution in [0, 0.1) is 6.92 Å². The van der Waals surface area contributed by atoms with Gasteiger partial charge in [0, 0.05) is 31.1 Å². The molecule has 114 valence electrons. The molecule has 1 aliphatic rings. The monoisotopic (exact) mass is 305 g/mol. The summed E-state index contributed by atoms with van der Waals surface area (Å²) in [4.78, 5) is 16.5. The molecule has 1 atom stereocenters. The van der Waals surface area contributed by atoms with Gasteiger partial charge in [0.15, 0.2) is 0 Å². The lowest BCUT2D eigenvalue weighted by Crippen LogP contribution is -2.38. The third-order valence-corrected chi connectivity index (χ3v) is 4.89. The maximum absolute atomic E-state index is 4.76. The number of anilines is 2. The number of nitrogens with one attached hydrogen (secondary N) is 1. The summed E-state index contributed by atoms with van der Waals surface area (Å²) in [6.45, 7) is 4.29. The fourth-order valence-electron chi connectivity index (χ4n) is 3.08. The highest BCUT2D eigenvalue weighted by Gasteiger charge is 2.28. The van der Waals surface area contributed by atoms with Crippen molar-refractivity contribution in [3.63, 3.8) is 0 Å². The summed E-state index contributed by atoms with van der Waals surface area (Å²) in [5.74, 6) is 1.81. The summed E-state index contributed by atoms with van der Waals surface area (Å²) in [6, 6.07) is 2.77. The van der Waals surface area contributed by atoms with Gasteiger partial charge in [-0.3, -0.25) is 0 Å². The van der Waals surface area contributed by atoms with Gasteiger partial charge >= 0.3 is 0 Å². The van der Waals surface area contributed by atoms with E-state index in [0.717, 1.165) is 29.7 Å². The third-order valence-electron chi connectivity index (χ3n) is 3.94. The molecule has 2 aromatic rings. The van der Waals surface area contributed by atoms with Crippen LogP contribution in [0.1, 0.15) is 17.7 Å². The first kappa shape index (κ1) is 14.5. The SMILES string of the molecule is CNc1nc(N2CCCC2CN(C)C)c2cc(C)sc2n1. The molecule has 5 nitrogen and oxygen atoms in total. The Morgan fingerprint density at radius 3 is 2.95 bits per heavy atom. The molecular weight excluding hydrogens is 282 g/mol. The Morgan fingerprint density at radius 1 is 1.43 bits per heavy atom. The Morgan fingerprint density at radius 2 is 2.24 bits per heavy atom. The minimum atomic E-state index is 0.544. The summed E-state index contributed by atoms with van der Waals surface area (Å²) in [7, 11) is 6.16. The Kier molecular flexibility index (Phi) is 3.99. The first-order chi connectivity index (χ1) is 10.1. The van der Waals surface area contributed by atoms with E-state index in [1.807, 2.05) is 7.05 Å². The van der Waals surface area contributed by atoms with E-state index in [4.69, 9.17) is 4.98 Å². The molecule has 0 amide bonds. The molecule has 3 heterocycles. The largest absolute Gasteiger partial charge is 0.357 e. The van der Waals surface area contributed by atoms with Gasteiger partial charge in [0.05, 0.1) is 5.39 Å². The molecule has 1 unspecified atom stereocenters. The third kappa shape index (κ3) is 2.82. The number of hydrogen-bond donors (Lipinski definition) is 1. The summed E-state index contributed by atoms with van der Waals surface area (Å²) >= 11 is 1.74. The number of nitrogens with zero attached hydrogens (tertiary/aromatic N) is 4. The second kappa shape index (κ2) is 5.77. The molecule has 0 saturated carbocycles. The van der Waals surface area contributed by atoms with Crippen LogP contribution in [0.4, 0.5) is 11.8 Å². The van der Waals surface area contributed by atoms with Crippen LogP contribution in [-0.4, -0.2) is 55.1 Å². The van der Waals surface area contributed by atoms with Crippen molar-refractivity contribution in [3.05, 3.63) is 10.9 Å². The topological polar surface area (TPSA) is 44.3 Å². The van der Waals surface area contributed by atoms with Crippen molar-refractivity contribution < 1.29 is 0 Å². The second-order valence-electron chi connectivity index (χ2n) is 5.95. The zero-order chi connectivity index (χ0) is 15.0. The van der Waals surface area contributed by atoms with Crippen LogP contribution in [-0.2, 0) is 0 Å². The quantitative estimate of drug-likeness (QED) is 0.940. The summed E-state index contributed by atoms with van der Waals surface area (Å²) in [5, 5.41) is 4.29. The van der Waals surface area contributed by atoms with Crippen LogP contribution in [0.2, 0.25) is 0 Å². The fraction of sp³-hybridized carbons (Fsp3) is 0.600. The van der Waals surface area contributed by atoms with Crippen LogP contribution in [0.5, 0.6) is 0 Å². The van der Waals surface area contributed by atoms with Gasteiger partial charge in [0.1, 0.15) is 10.6 Å². The van der Waals surface area contributed by atoms with E-state index in [0.29, 0.717) is 6.04 Å². The molecule has 2 aromatic heterocycles. The molecule has 0 aromatic carbocycles. The highest BCUT2D eigenvalue weighted by atomic mass is 32.1. The van der Waals surface area contributed by atoms with Gasteiger partial charge in [0.2, 0.25) is 5.95 Å². The lowest BCUT2D eigenvalue weighted by molar-refractivity contribution is 0.372. The van der Waals surface area contributed by atoms with E-state index in [1.165, 1.54) is 23.1 Å². The van der Waals surface area contributed by atoms with Gasteiger partial charge in [-0.2, -0.15) is 4.98 Å². The Labute approximate surface area is 130 Å². The van der Waals surface area contributed by atoms with Crippen LogP contribution in [0.25, 0.3) is 10.2 Å². The fourth-order valence-corrected chi connectivity index (χ4v) is 3.96. The van der Waals surface area contributed by atoms with Crippen molar-refractivity contribution >= 4 is 33.3 Å². The lowest BCUT2D eigenvalue weighted by atomic mass is 10.2. The first-order valence-electron chi connectivity index (χ1n) is 7.46. The van der Waals surface area contributed by atoms with E-state index in [2.05, 4.69) is 47.2 Å². The Bertz CT molecular complexity index is 636. The molecule has 6 heteroatoms. The molecule has 0 spiro atoms. The highest BCUT2D eigenvalue weighted by molar-refractivity contribution is 7.18. The van der Waals surface area contributed by atoms with Gasteiger partial charge in [0.25, 0.3) is 0 Å². The van der Waals surface area contributed by atoms with E-state index in [9.17, 15) is 0 Å². The smallest absolute Gasteiger partial charge is 0.225 e. The van der Waals surface area contributed by atoms with Crippen LogP contribution >= 0.6 is 11.3 Å². The van der Waals surface area contributed by atoms with Crippen molar-refractivity contribution in [2.24, 2.45) is 0 Å². The Hall–Kier alpha value is -1.40. The molecule has 1 N–H and O–H groups in total. The average molecular weight is 305 g/mol. The number of aromatic nitrogens is 2. The van der Waals surface area contributed by atoms with E-state index in [1.54, 1.807) is 11.3 Å². The predicted molar refractivity (Wildman–Crippen MR) is 90.6 cm³/mol. The first-order valence-corrected chi connectivity index (χ1v) is 8.27. The van der Waals surface area contributed by atoms with E-state index in [-0.39, 0.29) is 0 Å². The number of likely N-dealkylation sites (N-methyl/N-ethyl adjacent to an activating group) is 1. The molecule has 0 bridgehead atoms. The number of fused-ring (bicyclic) bond motifs is 1. The maximum Gasteiger partial charge on any atom is 0.225 e. The Balaban J connectivity index is 2.05. The number of hydrogen-bond acceptors (Lipinski definition) is 6. The molecular formula is C15H23N5S. The summed E-state index contributed by atoms with van der Waals surface area (Å²) in [5.41, 5.74) is 0. The minimum Gasteiger partial charge on any atom is -0.357 e. The van der Waals surface area contributed by atoms with E-state index < -0.39 is 0 Å². The van der Waals surface area contributed by atoms with E-state index >= 15 is 0 Å². The number of thiophene rings is 1. The maximum atomic E-state index is 4.76. The van der Waals surface area contributed by atoms with Crippen LogP contribution in [0.3, 0.4) is 0 Å². The van der Waals surface area contributed by atoms with Gasteiger partial charge in [-0.25, -0.2) is 4.98 Å². The van der Waals surface area contributed by atoms with Crippen molar-refractivity contribution in [1.82, 2.24) is 14.9 Å². The number of aryl methyl sites for hydroxylation is 1. The van der Waals surface area contributed by atoms with Crippen LogP contribution < -0.4 is 10.2 Å². The lowest BCUT2D eigenvalue weighted by Gasteiger charge is -2.28. The number of rotatable bonds is 4. The van der Waals surface area contributed by atoms with Crippen LogP contribution in [0.15, 0.2) is 6.07 Å². The highest BCUT2D eigenvalue weighted by Crippen LogP contribution is 2.35. The van der Waals surface area contributed by atoms with Crippen molar-refractivity contribution in [2.45, 2.75) is 25.8 Å². The standard InChI is InChI=1S/C15H23N5S/c1-10-8-12-13(17-15(16-2)18-14(12)21-10)20-7-5-6-11(20)9-19(3)4/h8,11H,5-7,9H2,1-4H3,(H,16,17,18). The molecule has 0 radical (unpaired) electrons. The zero-order valence-electron chi connectivity index (χ0n) is 13.2. The zero-order valence-corrected chi connectivity index (χ0v) is 14.0.